The van der Waals surface area contributed by atoms with Gasteiger partial charge >= 0.3 is 0 Å². The van der Waals surface area contributed by atoms with Crippen LogP contribution in [-0.2, 0) is 11.2 Å². The van der Waals surface area contributed by atoms with Crippen LogP contribution in [0.15, 0.2) is 30.3 Å². The highest BCUT2D eigenvalue weighted by Crippen LogP contribution is 2.23. The van der Waals surface area contributed by atoms with Crippen LogP contribution in [0.5, 0.6) is 0 Å². The Kier molecular flexibility index (Phi) is 4.97. The molecule has 3 nitrogen and oxygen atoms in total. The fourth-order valence-electron chi connectivity index (χ4n) is 2.67. The van der Waals surface area contributed by atoms with Gasteiger partial charge in [-0.25, -0.2) is 0 Å². The number of amides is 1. The smallest absolute Gasteiger partial charge is 0.237 e. The third kappa shape index (κ3) is 4.35. The van der Waals surface area contributed by atoms with Crippen LogP contribution in [0.3, 0.4) is 0 Å². The third-order valence-electron chi connectivity index (χ3n) is 4.00. The first-order valence-electron chi connectivity index (χ1n) is 7.25. The SMILES string of the molecule is CC1CCC(NC(=O)[C@H](N)Cc2ccccc2)CC1. The molecule has 1 atom stereocenters. The lowest BCUT2D eigenvalue weighted by Gasteiger charge is -2.27. The fourth-order valence-corrected chi connectivity index (χ4v) is 2.67. The van der Waals surface area contributed by atoms with Crippen molar-refractivity contribution in [2.75, 3.05) is 0 Å². The van der Waals surface area contributed by atoms with E-state index < -0.39 is 6.04 Å². The highest BCUT2D eigenvalue weighted by molar-refractivity contribution is 5.82. The molecule has 0 bridgehead atoms. The maximum Gasteiger partial charge on any atom is 0.237 e. The molecule has 2 rings (SSSR count). The van der Waals surface area contributed by atoms with Gasteiger partial charge in [-0.1, -0.05) is 37.3 Å². The number of rotatable bonds is 4. The van der Waals surface area contributed by atoms with Crippen molar-refractivity contribution in [1.82, 2.24) is 5.32 Å². The number of nitrogens with one attached hydrogen (secondary N) is 1. The Labute approximate surface area is 115 Å². The van der Waals surface area contributed by atoms with E-state index in [-0.39, 0.29) is 5.91 Å². The second-order valence-electron chi connectivity index (χ2n) is 5.76. The molecular formula is C16H24N2O. The van der Waals surface area contributed by atoms with Crippen molar-refractivity contribution in [2.24, 2.45) is 11.7 Å². The summed E-state index contributed by atoms with van der Waals surface area (Å²) >= 11 is 0. The van der Waals surface area contributed by atoms with Gasteiger partial charge in [-0.05, 0) is 43.6 Å². The number of benzene rings is 1. The fraction of sp³-hybridized carbons (Fsp3) is 0.562. The van der Waals surface area contributed by atoms with Crippen molar-refractivity contribution >= 4 is 5.91 Å². The Morgan fingerprint density at radius 1 is 1.26 bits per heavy atom. The monoisotopic (exact) mass is 260 g/mol. The van der Waals surface area contributed by atoms with Crippen LogP contribution in [0.4, 0.5) is 0 Å². The van der Waals surface area contributed by atoms with E-state index in [1.165, 1.54) is 12.8 Å². The number of hydrogen-bond acceptors (Lipinski definition) is 2. The number of carbonyl (C=O) groups excluding carboxylic acids is 1. The number of carbonyl (C=O) groups is 1. The molecule has 1 aromatic rings. The Balaban J connectivity index is 1.79. The maximum absolute atomic E-state index is 12.1. The zero-order valence-corrected chi connectivity index (χ0v) is 11.6. The van der Waals surface area contributed by atoms with Gasteiger partial charge in [-0.15, -0.1) is 0 Å². The van der Waals surface area contributed by atoms with Gasteiger partial charge < -0.3 is 11.1 Å². The second-order valence-corrected chi connectivity index (χ2v) is 5.76. The molecule has 19 heavy (non-hydrogen) atoms. The van der Waals surface area contributed by atoms with Gasteiger partial charge in [0.1, 0.15) is 0 Å². The largest absolute Gasteiger partial charge is 0.352 e. The van der Waals surface area contributed by atoms with Gasteiger partial charge in [0.15, 0.2) is 0 Å². The molecule has 1 aromatic carbocycles. The van der Waals surface area contributed by atoms with E-state index in [2.05, 4.69) is 12.2 Å². The van der Waals surface area contributed by atoms with Gasteiger partial charge in [0.2, 0.25) is 5.91 Å². The average molecular weight is 260 g/mol. The van der Waals surface area contributed by atoms with E-state index in [1.54, 1.807) is 0 Å². The maximum atomic E-state index is 12.1. The lowest BCUT2D eigenvalue weighted by Crippen LogP contribution is -2.47. The Morgan fingerprint density at radius 2 is 1.89 bits per heavy atom. The molecule has 3 N–H and O–H groups in total. The summed E-state index contributed by atoms with van der Waals surface area (Å²) in [7, 11) is 0. The van der Waals surface area contributed by atoms with Gasteiger partial charge in [0.05, 0.1) is 6.04 Å². The molecule has 1 saturated carbocycles. The number of hydrogen-bond donors (Lipinski definition) is 2. The van der Waals surface area contributed by atoms with Gasteiger partial charge in [-0.2, -0.15) is 0 Å². The summed E-state index contributed by atoms with van der Waals surface area (Å²) in [6.07, 6.45) is 5.20. The Morgan fingerprint density at radius 3 is 2.53 bits per heavy atom. The van der Waals surface area contributed by atoms with Crippen molar-refractivity contribution in [3.8, 4) is 0 Å². The summed E-state index contributed by atoms with van der Waals surface area (Å²) in [5.74, 6) is 0.787. The van der Waals surface area contributed by atoms with Crippen molar-refractivity contribution in [1.29, 1.82) is 0 Å². The molecule has 0 saturated heterocycles. The summed E-state index contributed by atoms with van der Waals surface area (Å²) in [5, 5.41) is 3.10. The minimum atomic E-state index is -0.443. The number of nitrogens with two attached hydrogens (primary N) is 1. The lowest BCUT2D eigenvalue weighted by molar-refractivity contribution is -0.123. The van der Waals surface area contributed by atoms with Crippen LogP contribution >= 0.6 is 0 Å². The zero-order chi connectivity index (χ0) is 13.7. The average Bonchev–Trinajstić information content (AvgIpc) is 2.42. The van der Waals surface area contributed by atoms with Crippen molar-refractivity contribution in [2.45, 2.75) is 51.1 Å². The van der Waals surface area contributed by atoms with E-state index in [4.69, 9.17) is 5.73 Å². The summed E-state index contributed by atoms with van der Waals surface area (Å²) in [5.41, 5.74) is 7.10. The van der Waals surface area contributed by atoms with E-state index >= 15 is 0 Å². The van der Waals surface area contributed by atoms with E-state index in [0.29, 0.717) is 12.5 Å². The molecule has 0 unspecified atom stereocenters. The van der Waals surface area contributed by atoms with Crippen LogP contribution in [0.25, 0.3) is 0 Å². The molecule has 1 aliphatic carbocycles. The minimum Gasteiger partial charge on any atom is -0.352 e. The molecule has 0 radical (unpaired) electrons. The van der Waals surface area contributed by atoms with Crippen molar-refractivity contribution in [3.05, 3.63) is 35.9 Å². The van der Waals surface area contributed by atoms with Gasteiger partial charge in [0.25, 0.3) is 0 Å². The molecule has 0 aliphatic heterocycles. The minimum absolute atomic E-state index is 0.0107. The molecule has 0 aromatic heterocycles. The molecule has 1 aliphatic rings. The quantitative estimate of drug-likeness (QED) is 0.872. The standard InChI is InChI=1S/C16H24N2O/c1-12-7-9-14(10-8-12)18-16(19)15(17)11-13-5-3-2-4-6-13/h2-6,12,14-15H,7-11,17H2,1H3,(H,18,19)/t12?,14?,15-/m1/s1. The first-order valence-corrected chi connectivity index (χ1v) is 7.25. The third-order valence-corrected chi connectivity index (χ3v) is 4.00. The van der Waals surface area contributed by atoms with Crippen LogP contribution < -0.4 is 11.1 Å². The molecule has 1 amide bonds. The summed E-state index contributed by atoms with van der Waals surface area (Å²) in [6.45, 7) is 2.28. The summed E-state index contributed by atoms with van der Waals surface area (Å²) in [4.78, 5) is 12.1. The first kappa shape index (κ1) is 14.1. The van der Waals surface area contributed by atoms with E-state index in [9.17, 15) is 4.79 Å². The van der Waals surface area contributed by atoms with Gasteiger partial charge in [-0.3, -0.25) is 4.79 Å². The summed E-state index contributed by atoms with van der Waals surface area (Å²) in [6, 6.07) is 9.82. The molecule has 0 spiro atoms. The highest BCUT2D eigenvalue weighted by atomic mass is 16.2. The van der Waals surface area contributed by atoms with E-state index in [1.807, 2.05) is 30.3 Å². The van der Waals surface area contributed by atoms with Crippen LogP contribution in [0.2, 0.25) is 0 Å². The van der Waals surface area contributed by atoms with Gasteiger partial charge in [0, 0.05) is 6.04 Å². The predicted molar refractivity (Wildman–Crippen MR) is 77.7 cm³/mol. The van der Waals surface area contributed by atoms with Crippen molar-refractivity contribution in [3.63, 3.8) is 0 Å². The van der Waals surface area contributed by atoms with E-state index in [0.717, 1.165) is 24.3 Å². The molecule has 0 heterocycles. The van der Waals surface area contributed by atoms with Crippen LogP contribution in [-0.4, -0.2) is 18.0 Å². The summed E-state index contributed by atoms with van der Waals surface area (Å²) < 4.78 is 0. The van der Waals surface area contributed by atoms with Crippen molar-refractivity contribution < 1.29 is 4.79 Å². The first-order chi connectivity index (χ1) is 9.15. The molecular weight excluding hydrogens is 236 g/mol. The van der Waals surface area contributed by atoms with Crippen LogP contribution in [0, 0.1) is 5.92 Å². The zero-order valence-electron chi connectivity index (χ0n) is 11.6. The molecule has 1 fully saturated rings. The predicted octanol–water partition coefficient (Wildman–Crippen LogP) is 2.25. The molecule has 3 heteroatoms. The Hall–Kier alpha value is -1.35. The normalized spacial score (nSPS) is 24.7. The Bertz CT molecular complexity index is 396. The topological polar surface area (TPSA) is 55.1 Å². The molecule has 104 valence electrons. The lowest BCUT2D eigenvalue weighted by atomic mass is 9.87. The van der Waals surface area contributed by atoms with Crippen LogP contribution in [0.1, 0.15) is 38.2 Å². The second kappa shape index (κ2) is 6.71. The highest BCUT2D eigenvalue weighted by Gasteiger charge is 2.22.